The number of likely N-dealkylation sites (tertiary alicyclic amines) is 1. The smallest absolute Gasteiger partial charge is 0.326 e. The number of unbranched alkanes of at least 4 members (excludes halogenated alkanes) is 1. The number of hydrogen-bond donors (Lipinski definition) is 4. The molecule has 0 aromatic carbocycles. The zero-order valence-corrected chi connectivity index (χ0v) is 17.1. The molecule has 1 saturated heterocycles. The molecule has 0 bridgehead atoms. The van der Waals surface area contributed by atoms with Gasteiger partial charge in [-0.25, -0.2) is 4.79 Å². The molecule has 9 nitrogen and oxygen atoms in total. The van der Waals surface area contributed by atoms with Gasteiger partial charge in [-0.2, -0.15) is 0 Å². The maximum Gasteiger partial charge on any atom is 0.326 e. The molecule has 1 rings (SSSR count). The Morgan fingerprint density at radius 2 is 1.93 bits per heavy atom. The number of carboxylic acids is 1. The third-order valence-corrected chi connectivity index (χ3v) is 5.29. The van der Waals surface area contributed by atoms with Crippen LogP contribution in [0.1, 0.15) is 59.3 Å². The van der Waals surface area contributed by atoms with Crippen molar-refractivity contribution in [2.24, 2.45) is 11.7 Å². The Morgan fingerprint density at radius 1 is 1.25 bits per heavy atom. The summed E-state index contributed by atoms with van der Waals surface area (Å²) in [6.07, 6.45) is 3.38. The largest absolute Gasteiger partial charge is 0.480 e. The molecule has 9 heteroatoms. The van der Waals surface area contributed by atoms with E-state index in [2.05, 4.69) is 10.6 Å². The molecule has 1 heterocycles. The van der Waals surface area contributed by atoms with Crippen LogP contribution >= 0.6 is 0 Å². The molecule has 0 radical (unpaired) electrons. The van der Waals surface area contributed by atoms with E-state index in [-0.39, 0.29) is 17.7 Å². The van der Waals surface area contributed by atoms with E-state index in [0.717, 1.165) is 6.42 Å². The van der Waals surface area contributed by atoms with Gasteiger partial charge in [-0.3, -0.25) is 14.4 Å². The van der Waals surface area contributed by atoms with Crippen molar-refractivity contribution in [2.45, 2.75) is 77.4 Å². The summed E-state index contributed by atoms with van der Waals surface area (Å²) in [4.78, 5) is 49.2. The molecule has 0 saturated carbocycles. The Kier molecular flexibility index (Phi) is 9.92. The van der Waals surface area contributed by atoms with E-state index in [0.29, 0.717) is 45.2 Å². The van der Waals surface area contributed by atoms with E-state index in [1.807, 2.05) is 13.8 Å². The Labute approximate surface area is 166 Å². The number of nitrogens with two attached hydrogens (primary N) is 1. The van der Waals surface area contributed by atoms with E-state index in [1.165, 1.54) is 11.8 Å². The summed E-state index contributed by atoms with van der Waals surface area (Å²) in [5.74, 6) is -1.97. The molecule has 4 atom stereocenters. The van der Waals surface area contributed by atoms with E-state index >= 15 is 0 Å². The second kappa shape index (κ2) is 11.6. The lowest BCUT2D eigenvalue weighted by atomic mass is 9.98. The Balaban J connectivity index is 2.78. The minimum absolute atomic E-state index is 0.0333. The van der Waals surface area contributed by atoms with Crippen LogP contribution in [0.3, 0.4) is 0 Å². The van der Waals surface area contributed by atoms with Gasteiger partial charge in [-0.15, -0.1) is 0 Å². The molecule has 1 fully saturated rings. The number of amides is 3. The second-order valence-electron chi connectivity index (χ2n) is 7.48. The van der Waals surface area contributed by atoms with Crippen LogP contribution in [0.25, 0.3) is 0 Å². The summed E-state index contributed by atoms with van der Waals surface area (Å²) >= 11 is 0. The molecule has 0 unspecified atom stereocenters. The van der Waals surface area contributed by atoms with Crippen molar-refractivity contribution in [3.8, 4) is 0 Å². The monoisotopic (exact) mass is 398 g/mol. The van der Waals surface area contributed by atoms with Crippen molar-refractivity contribution < 1.29 is 24.3 Å². The fourth-order valence-corrected chi connectivity index (χ4v) is 3.26. The van der Waals surface area contributed by atoms with Crippen molar-refractivity contribution in [1.29, 1.82) is 0 Å². The summed E-state index contributed by atoms with van der Waals surface area (Å²) < 4.78 is 0. The third-order valence-electron chi connectivity index (χ3n) is 5.29. The second-order valence-corrected chi connectivity index (χ2v) is 7.48. The van der Waals surface area contributed by atoms with E-state index in [4.69, 9.17) is 5.73 Å². The predicted octanol–water partition coefficient (Wildman–Crippen LogP) is 0.227. The van der Waals surface area contributed by atoms with Crippen LogP contribution in [-0.2, 0) is 19.2 Å². The van der Waals surface area contributed by atoms with Gasteiger partial charge in [-0.1, -0.05) is 20.3 Å². The van der Waals surface area contributed by atoms with Gasteiger partial charge in [0.2, 0.25) is 17.7 Å². The number of carboxylic acid groups (broad SMARTS) is 1. The fourth-order valence-electron chi connectivity index (χ4n) is 3.26. The molecule has 1 aliphatic heterocycles. The first-order chi connectivity index (χ1) is 13.2. The Hall–Kier alpha value is -2.16. The van der Waals surface area contributed by atoms with Crippen LogP contribution < -0.4 is 16.4 Å². The summed E-state index contributed by atoms with van der Waals surface area (Å²) in [5, 5.41) is 14.8. The van der Waals surface area contributed by atoms with Crippen LogP contribution in [0.2, 0.25) is 0 Å². The minimum Gasteiger partial charge on any atom is -0.480 e. The summed E-state index contributed by atoms with van der Waals surface area (Å²) in [5.41, 5.74) is 5.98. The van der Waals surface area contributed by atoms with Crippen LogP contribution in [-0.4, -0.2) is 64.9 Å². The minimum atomic E-state index is -1.03. The standard InChI is InChI=1S/C19H34N4O5/c1-4-12(2)16(20)17(25)22-14(8-5-6-10-21-13(3)24)18(26)23-11-7-9-15(23)19(27)28/h12,14-16H,4-11,20H2,1-3H3,(H,21,24)(H,22,25)(H,27,28)/t12-,14-,15-,16-/m0/s1. The van der Waals surface area contributed by atoms with Crippen LogP contribution in [0.15, 0.2) is 0 Å². The first-order valence-electron chi connectivity index (χ1n) is 10.0. The highest BCUT2D eigenvalue weighted by Crippen LogP contribution is 2.20. The van der Waals surface area contributed by atoms with Gasteiger partial charge >= 0.3 is 5.97 Å². The molecule has 0 spiro atoms. The third kappa shape index (κ3) is 7.10. The zero-order valence-electron chi connectivity index (χ0n) is 17.1. The highest BCUT2D eigenvalue weighted by Gasteiger charge is 2.38. The van der Waals surface area contributed by atoms with Gasteiger partial charge in [-0.05, 0) is 38.0 Å². The van der Waals surface area contributed by atoms with Gasteiger partial charge in [0.25, 0.3) is 0 Å². The number of aliphatic carboxylic acids is 1. The lowest BCUT2D eigenvalue weighted by molar-refractivity contribution is -0.149. The van der Waals surface area contributed by atoms with Crippen molar-refractivity contribution in [3.05, 3.63) is 0 Å². The average molecular weight is 399 g/mol. The van der Waals surface area contributed by atoms with Crippen molar-refractivity contribution in [2.75, 3.05) is 13.1 Å². The van der Waals surface area contributed by atoms with Gasteiger partial charge in [0.05, 0.1) is 6.04 Å². The molecular formula is C19H34N4O5. The molecule has 1 aliphatic rings. The molecule has 160 valence electrons. The first-order valence-corrected chi connectivity index (χ1v) is 10.0. The molecule has 0 aromatic heterocycles. The maximum absolute atomic E-state index is 13.0. The molecular weight excluding hydrogens is 364 g/mol. The van der Waals surface area contributed by atoms with Gasteiger partial charge in [0, 0.05) is 20.0 Å². The highest BCUT2D eigenvalue weighted by molar-refractivity contribution is 5.92. The van der Waals surface area contributed by atoms with Crippen molar-refractivity contribution in [1.82, 2.24) is 15.5 Å². The van der Waals surface area contributed by atoms with Crippen LogP contribution in [0.5, 0.6) is 0 Å². The number of hydrogen-bond acceptors (Lipinski definition) is 5. The number of carbonyl (C=O) groups is 4. The molecule has 0 aliphatic carbocycles. The van der Waals surface area contributed by atoms with Gasteiger partial charge in [0.1, 0.15) is 12.1 Å². The SMILES string of the molecule is CC[C@H](C)[C@H](N)C(=O)N[C@@H](CCCCNC(C)=O)C(=O)N1CCC[C@H]1C(=O)O. The number of nitrogens with zero attached hydrogens (tertiary/aromatic N) is 1. The number of rotatable bonds is 11. The average Bonchev–Trinajstić information content (AvgIpc) is 3.14. The van der Waals surface area contributed by atoms with Crippen molar-refractivity contribution >= 4 is 23.7 Å². The Morgan fingerprint density at radius 3 is 2.50 bits per heavy atom. The van der Waals surface area contributed by atoms with Gasteiger partial charge < -0.3 is 26.4 Å². The van der Waals surface area contributed by atoms with Gasteiger partial charge in [0.15, 0.2) is 0 Å². The van der Waals surface area contributed by atoms with E-state index < -0.39 is 30.0 Å². The number of carbonyl (C=O) groups excluding carboxylic acids is 3. The summed E-state index contributed by atoms with van der Waals surface area (Å²) in [7, 11) is 0. The van der Waals surface area contributed by atoms with Crippen LogP contribution in [0.4, 0.5) is 0 Å². The van der Waals surface area contributed by atoms with Crippen LogP contribution in [0, 0.1) is 5.92 Å². The summed E-state index contributed by atoms with van der Waals surface area (Å²) in [6, 6.07) is -2.40. The first kappa shape index (κ1) is 23.9. The quantitative estimate of drug-likeness (QED) is 0.367. The summed E-state index contributed by atoms with van der Waals surface area (Å²) in [6.45, 7) is 6.09. The van der Waals surface area contributed by atoms with E-state index in [1.54, 1.807) is 0 Å². The predicted molar refractivity (Wildman–Crippen MR) is 104 cm³/mol. The zero-order chi connectivity index (χ0) is 21.3. The molecule has 3 amide bonds. The maximum atomic E-state index is 13.0. The molecule has 28 heavy (non-hydrogen) atoms. The number of nitrogens with one attached hydrogen (secondary N) is 2. The fraction of sp³-hybridized carbons (Fsp3) is 0.789. The highest BCUT2D eigenvalue weighted by atomic mass is 16.4. The lowest BCUT2D eigenvalue weighted by Gasteiger charge is -2.29. The normalized spacial score (nSPS) is 19.6. The topological polar surface area (TPSA) is 142 Å². The van der Waals surface area contributed by atoms with Crippen molar-refractivity contribution in [3.63, 3.8) is 0 Å². The molecule has 5 N–H and O–H groups in total. The molecule has 0 aromatic rings. The Bertz CT molecular complexity index is 569. The lowest BCUT2D eigenvalue weighted by Crippen LogP contribution is -2.55. The van der Waals surface area contributed by atoms with E-state index in [9.17, 15) is 24.3 Å².